The Labute approximate surface area is 167 Å². The molecule has 4 rings (SSSR count). The molecule has 0 aliphatic carbocycles. The maximum absolute atomic E-state index is 11.7. The third-order valence-electron chi connectivity index (χ3n) is 4.61. The molecule has 28 heavy (non-hydrogen) atoms. The molecule has 1 amide bonds. The molecule has 3 aromatic carbocycles. The van der Waals surface area contributed by atoms with Gasteiger partial charge in [0, 0.05) is 16.7 Å². The van der Waals surface area contributed by atoms with Crippen LogP contribution in [0.5, 0.6) is 0 Å². The maximum Gasteiger partial charge on any atom is 0.250 e. The van der Waals surface area contributed by atoms with E-state index in [9.17, 15) is 4.79 Å². The quantitative estimate of drug-likeness (QED) is 0.379. The topological polar surface area (TPSA) is 82.0 Å². The fourth-order valence-corrected chi connectivity index (χ4v) is 4.10. The molecule has 0 radical (unpaired) electrons. The van der Waals surface area contributed by atoms with Crippen molar-refractivity contribution in [3.05, 3.63) is 90.0 Å². The number of nitrogens with zero attached hydrogens (tertiary/aromatic N) is 1. The number of anilines is 1. The van der Waals surface area contributed by atoms with E-state index in [1.807, 2.05) is 66.7 Å². The summed E-state index contributed by atoms with van der Waals surface area (Å²) in [6.45, 7) is 0. The van der Waals surface area contributed by atoms with Crippen LogP contribution in [-0.2, 0) is 5.75 Å². The van der Waals surface area contributed by atoms with E-state index in [0.29, 0.717) is 17.0 Å². The minimum atomic E-state index is -0.523. The van der Waals surface area contributed by atoms with Gasteiger partial charge in [-0.15, -0.1) is 11.8 Å². The first-order valence-electron chi connectivity index (χ1n) is 8.88. The van der Waals surface area contributed by atoms with E-state index in [1.165, 1.54) is 0 Å². The molecule has 0 unspecified atom stereocenters. The van der Waals surface area contributed by atoms with E-state index in [0.717, 1.165) is 32.6 Å². The molecule has 0 bridgehead atoms. The Kier molecular flexibility index (Phi) is 5.00. The largest absolute Gasteiger partial charge is 0.398 e. The van der Waals surface area contributed by atoms with Crippen LogP contribution in [0.2, 0.25) is 0 Å². The van der Waals surface area contributed by atoms with Crippen molar-refractivity contribution in [2.45, 2.75) is 10.8 Å². The van der Waals surface area contributed by atoms with E-state index in [4.69, 9.17) is 16.5 Å². The second kappa shape index (κ2) is 7.74. The van der Waals surface area contributed by atoms with Crippen LogP contribution in [0.3, 0.4) is 0 Å². The van der Waals surface area contributed by atoms with Gasteiger partial charge in [0.05, 0.1) is 21.8 Å². The average molecular weight is 385 g/mol. The van der Waals surface area contributed by atoms with Crippen LogP contribution in [0.25, 0.3) is 22.0 Å². The molecule has 1 heterocycles. The monoisotopic (exact) mass is 385 g/mol. The van der Waals surface area contributed by atoms with Gasteiger partial charge in [0.2, 0.25) is 0 Å². The number of aromatic nitrogens is 1. The Balaban J connectivity index is 1.70. The molecule has 0 atom stereocenters. The molecule has 0 aliphatic rings. The number of amides is 1. The number of carbonyl (C=O) groups is 1. The summed E-state index contributed by atoms with van der Waals surface area (Å²) in [5.41, 5.74) is 16.4. The third-order valence-corrected chi connectivity index (χ3v) is 5.59. The number of pyridine rings is 1. The molecule has 4 aromatic rings. The molecular formula is C23H19N3OS. The van der Waals surface area contributed by atoms with Crippen molar-refractivity contribution in [1.82, 2.24) is 4.98 Å². The summed E-state index contributed by atoms with van der Waals surface area (Å²) in [5, 5.41) is 2.06. The molecule has 0 fully saturated rings. The molecule has 5 heteroatoms. The predicted octanol–water partition coefficient (Wildman–Crippen LogP) is 4.88. The highest BCUT2D eigenvalue weighted by atomic mass is 32.2. The fraction of sp³-hybridized carbons (Fsp3) is 0.0435. The summed E-state index contributed by atoms with van der Waals surface area (Å²) in [5.74, 6) is 0.156. The Bertz CT molecular complexity index is 1160. The Morgan fingerprint density at radius 1 is 0.893 bits per heavy atom. The highest BCUT2D eigenvalue weighted by molar-refractivity contribution is 7.98. The van der Waals surface area contributed by atoms with E-state index >= 15 is 0 Å². The fourth-order valence-electron chi connectivity index (χ4n) is 3.22. The average Bonchev–Trinajstić information content (AvgIpc) is 2.72. The van der Waals surface area contributed by atoms with Crippen molar-refractivity contribution in [1.29, 1.82) is 0 Å². The molecule has 1 aromatic heterocycles. The molecule has 4 N–H and O–H groups in total. The molecule has 0 saturated carbocycles. The zero-order chi connectivity index (χ0) is 19.5. The smallest absolute Gasteiger partial charge is 0.250 e. The van der Waals surface area contributed by atoms with Gasteiger partial charge in [0.1, 0.15) is 0 Å². The van der Waals surface area contributed by atoms with Crippen LogP contribution in [0.4, 0.5) is 5.69 Å². The summed E-state index contributed by atoms with van der Waals surface area (Å²) in [6.07, 6.45) is 0. The highest BCUT2D eigenvalue weighted by Crippen LogP contribution is 2.35. The number of rotatable bonds is 5. The highest BCUT2D eigenvalue weighted by Gasteiger charge is 2.16. The first kappa shape index (κ1) is 18.1. The minimum Gasteiger partial charge on any atom is -0.398 e. The molecule has 0 saturated heterocycles. The van der Waals surface area contributed by atoms with Gasteiger partial charge < -0.3 is 11.5 Å². The van der Waals surface area contributed by atoms with Crippen molar-refractivity contribution < 1.29 is 4.79 Å². The summed E-state index contributed by atoms with van der Waals surface area (Å²) in [6, 6.07) is 25.6. The number of hydrogen-bond acceptors (Lipinski definition) is 4. The van der Waals surface area contributed by atoms with Gasteiger partial charge >= 0.3 is 0 Å². The Morgan fingerprint density at radius 2 is 1.64 bits per heavy atom. The zero-order valence-corrected chi connectivity index (χ0v) is 15.9. The number of thioether (sulfide) groups is 1. The number of nitrogen functional groups attached to an aromatic ring is 1. The summed E-state index contributed by atoms with van der Waals surface area (Å²) < 4.78 is 0. The first-order valence-corrected chi connectivity index (χ1v) is 9.87. The van der Waals surface area contributed by atoms with Gasteiger partial charge in [0.25, 0.3) is 5.91 Å². The van der Waals surface area contributed by atoms with Crippen molar-refractivity contribution in [2.24, 2.45) is 5.73 Å². The second-order valence-corrected chi connectivity index (χ2v) is 7.42. The standard InChI is InChI=1S/C23H19N3OS/c24-22-18(23(25)27)12-10-17(21(22)16-7-2-1-3-8-16)14-28-20-13-11-15-6-4-5-9-19(15)26-20/h1-13H,14,24H2,(H2,25,27). The van der Waals surface area contributed by atoms with Gasteiger partial charge in [-0.2, -0.15) is 0 Å². The summed E-state index contributed by atoms with van der Waals surface area (Å²) >= 11 is 1.64. The van der Waals surface area contributed by atoms with Crippen LogP contribution >= 0.6 is 11.8 Å². The lowest BCUT2D eigenvalue weighted by Crippen LogP contribution is -2.14. The van der Waals surface area contributed by atoms with Crippen LogP contribution in [0.15, 0.2) is 83.9 Å². The normalized spacial score (nSPS) is 10.9. The molecule has 0 aliphatic heterocycles. The van der Waals surface area contributed by atoms with Crippen LogP contribution in [0.1, 0.15) is 15.9 Å². The van der Waals surface area contributed by atoms with E-state index in [-0.39, 0.29) is 0 Å². The SMILES string of the molecule is NC(=O)c1ccc(CSc2ccc3ccccc3n2)c(-c2ccccc2)c1N. The van der Waals surface area contributed by atoms with E-state index in [2.05, 4.69) is 6.07 Å². The zero-order valence-electron chi connectivity index (χ0n) is 15.1. The molecule has 138 valence electrons. The van der Waals surface area contributed by atoms with Crippen molar-refractivity contribution in [2.75, 3.05) is 5.73 Å². The third kappa shape index (κ3) is 3.57. The molecule has 4 nitrogen and oxygen atoms in total. The Morgan fingerprint density at radius 3 is 2.43 bits per heavy atom. The maximum atomic E-state index is 11.7. The summed E-state index contributed by atoms with van der Waals surface area (Å²) in [4.78, 5) is 16.5. The van der Waals surface area contributed by atoms with Gasteiger partial charge in [0.15, 0.2) is 0 Å². The van der Waals surface area contributed by atoms with Crippen molar-refractivity contribution in [3.63, 3.8) is 0 Å². The van der Waals surface area contributed by atoms with E-state index < -0.39 is 5.91 Å². The number of fused-ring (bicyclic) bond motifs is 1. The van der Waals surface area contributed by atoms with Gasteiger partial charge in [-0.1, -0.05) is 60.7 Å². The van der Waals surface area contributed by atoms with Crippen molar-refractivity contribution in [3.8, 4) is 11.1 Å². The lowest BCUT2D eigenvalue weighted by Gasteiger charge is -2.15. The molecule has 0 spiro atoms. The predicted molar refractivity (Wildman–Crippen MR) is 116 cm³/mol. The number of carbonyl (C=O) groups excluding carboxylic acids is 1. The second-order valence-electron chi connectivity index (χ2n) is 6.42. The number of nitrogens with two attached hydrogens (primary N) is 2. The first-order chi connectivity index (χ1) is 13.6. The van der Waals surface area contributed by atoms with Crippen molar-refractivity contribution >= 4 is 34.3 Å². The van der Waals surface area contributed by atoms with Gasteiger partial charge in [-0.3, -0.25) is 4.79 Å². The lowest BCUT2D eigenvalue weighted by atomic mass is 9.95. The lowest BCUT2D eigenvalue weighted by molar-refractivity contribution is 0.100. The number of benzene rings is 3. The van der Waals surface area contributed by atoms with E-state index in [1.54, 1.807) is 17.8 Å². The number of hydrogen-bond donors (Lipinski definition) is 2. The minimum absolute atomic E-state index is 0.344. The molecular weight excluding hydrogens is 366 g/mol. The summed E-state index contributed by atoms with van der Waals surface area (Å²) in [7, 11) is 0. The Hall–Kier alpha value is -3.31. The number of primary amides is 1. The van der Waals surface area contributed by atoms with Crippen LogP contribution < -0.4 is 11.5 Å². The van der Waals surface area contributed by atoms with Crippen LogP contribution in [0, 0.1) is 0 Å². The number of para-hydroxylation sites is 1. The van der Waals surface area contributed by atoms with Gasteiger partial charge in [-0.25, -0.2) is 4.98 Å². The van der Waals surface area contributed by atoms with Gasteiger partial charge in [-0.05, 0) is 29.3 Å². The van der Waals surface area contributed by atoms with Crippen LogP contribution in [-0.4, -0.2) is 10.9 Å².